The number of ether oxygens (including phenoxy) is 2. The summed E-state index contributed by atoms with van der Waals surface area (Å²) in [6.45, 7) is 2.99. The molecule has 0 amide bonds. The molecule has 1 aliphatic carbocycles. The summed E-state index contributed by atoms with van der Waals surface area (Å²) in [7, 11) is -2.25. The van der Waals surface area contributed by atoms with Crippen LogP contribution in [-0.2, 0) is 41.8 Å². The second kappa shape index (κ2) is 10.8. The van der Waals surface area contributed by atoms with E-state index in [1.165, 1.54) is 0 Å². The van der Waals surface area contributed by atoms with Crippen LogP contribution < -0.4 is 0 Å². The Hall–Kier alpha value is -2.59. The summed E-state index contributed by atoms with van der Waals surface area (Å²) in [4.78, 5) is 5.92. The maximum Gasteiger partial charge on any atom is 0.297 e. The highest BCUT2D eigenvalue weighted by Gasteiger charge is 2.59. The Labute approximate surface area is 212 Å². The van der Waals surface area contributed by atoms with E-state index in [2.05, 4.69) is 0 Å². The smallest absolute Gasteiger partial charge is 0.297 e. The number of benzene rings is 3. The molecule has 0 spiro atoms. The predicted molar refractivity (Wildman–Crippen MR) is 134 cm³/mol. The summed E-state index contributed by atoms with van der Waals surface area (Å²) in [5, 5.41) is 1.69. The van der Waals surface area contributed by atoms with Crippen LogP contribution in [0.3, 0.4) is 0 Å². The Balaban J connectivity index is 1.44. The summed E-state index contributed by atoms with van der Waals surface area (Å²) in [6.07, 6.45) is -1.84. The molecule has 3 aromatic rings. The van der Waals surface area contributed by atoms with Gasteiger partial charge in [0, 0.05) is 13.0 Å². The first-order valence-electron chi connectivity index (χ1n) is 12.1. The molecule has 1 aliphatic heterocycles. The SMILES string of the molecule is Cc1ccc(S(=O)(=O)O[C@@H]2[C@@H](OCc3ccccc3)[C@@H](OCc3ccccc3)[C@@H]3CON(C)[C@H]32)cc1. The summed E-state index contributed by atoms with van der Waals surface area (Å²) in [5.74, 6) is -0.113. The number of aryl methyl sites for hydroxylation is 1. The van der Waals surface area contributed by atoms with Gasteiger partial charge in [0.2, 0.25) is 0 Å². The Morgan fingerprint density at radius 2 is 1.36 bits per heavy atom. The topological polar surface area (TPSA) is 74.3 Å². The van der Waals surface area contributed by atoms with Gasteiger partial charge in [-0.2, -0.15) is 13.5 Å². The van der Waals surface area contributed by atoms with Crippen LogP contribution in [0.2, 0.25) is 0 Å². The van der Waals surface area contributed by atoms with Crippen LogP contribution in [0.4, 0.5) is 0 Å². The first-order chi connectivity index (χ1) is 17.4. The molecule has 5 rings (SSSR count). The molecule has 2 fully saturated rings. The van der Waals surface area contributed by atoms with Gasteiger partial charge in [-0.15, -0.1) is 0 Å². The van der Waals surface area contributed by atoms with Gasteiger partial charge in [-0.05, 0) is 30.2 Å². The Morgan fingerprint density at radius 1 is 0.806 bits per heavy atom. The summed E-state index contributed by atoms with van der Waals surface area (Å²) >= 11 is 0. The fraction of sp³-hybridized carbons (Fsp3) is 0.357. The maximum absolute atomic E-state index is 13.3. The van der Waals surface area contributed by atoms with Crippen LogP contribution in [0.15, 0.2) is 89.8 Å². The van der Waals surface area contributed by atoms with Gasteiger partial charge < -0.3 is 9.47 Å². The molecule has 0 N–H and O–H groups in total. The van der Waals surface area contributed by atoms with Crippen LogP contribution in [-0.4, -0.2) is 51.5 Å². The molecule has 2 aliphatic rings. The van der Waals surface area contributed by atoms with E-state index in [1.54, 1.807) is 36.4 Å². The van der Waals surface area contributed by atoms with Crippen LogP contribution in [0, 0.1) is 12.8 Å². The molecule has 1 heterocycles. The van der Waals surface area contributed by atoms with Crippen LogP contribution in [0.1, 0.15) is 16.7 Å². The fourth-order valence-electron chi connectivity index (χ4n) is 4.98. The molecule has 1 saturated carbocycles. The number of hydrogen-bond acceptors (Lipinski definition) is 7. The summed E-state index contributed by atoms with van der Waals surface area (Å²) < 4.78 is 45.4. The van der Waals surface area contributed by atoms with E-state index in [0.29, 0.717) is 19.8 Å². The lowest BCUT2D eigenvalue weighted by Gasteiger charge is -2.29. The minimum absolute atomic E-state index is 0.113. The number of rotatable bonds is 9. The summed E-state index contributed by atoms with van der Waals surface area (Å²) in [6, 6.07) is 26.0. The van der Waals surface area contributed by atoms with Crippen molar-refractivity contribution in [3.63, 3.8) is 0 Å². The lowest BCUT2D eigenvalue weighted by molar-refractivity contribution is -0.159. The molecule has 3 aromatic carbocycles. The van der Waals surface area contributed by atoms with Gasteiger partial charge in [-0.3, -0.25) is 9.02 Å². The second-order valence-electron chi connectivity index (χ2n) is 9.35. The van der Waals surface area contributed by atoms with Gasteiger partial charge in [0.05, 0.1) is 36.9 Å². The number of nitrogens with zero attached hydrogens (tertiary/aromatic N) is 1. The monoisotopic (exact) mass is 509 g/mol. The first kappa shape index (κ1) is 25.1. The van der Waals surface area contributed by atoms with Crippen molar-refractivity contribution in [1.82, 2.24) is 5.06 Å². The fourth-order valence-corrected chi connectivity index (χ4v) is 6.08. The van der Waals surface area contributed by atoms with E-state index >= 15 is 0 Å². The summed E-state index contributed by atoms with van der Waals surface area (Å²) in [5.41, 5.74) is 2.98. The molecule has 0 bridgehead atoms. The molecule has 36 heavy (non-hydrogen) atoms. The Kier molecular flexibility index (Phi) is 7.52. The molecule has 8 heteroatoms. The van der Waals surface area contributed by atoms with Crippen molar-refractivity contribution < 1.29 is 26.9 Å². The normalized spacial score (nSPS) is 26.2. The van der Waals surface area contributed by atoms with Crippen molar-refractivity contribution in [2.45, 2.75) is 49.4 Å². The van der Waals surface area contributed by atoms with Gasteiger partial charge in [-0.25, -0.2) is 0 Å². The Morgan fingerprint density at radius 3 is 1.94 bits per heavy atom. The second-order valence-corrected chi connectivity index (χ2v) is 10.9. The van der Waals surface area contributed by atoms with Gasteiger partial charge in [-0.1, -0.05) is 78.4 Å². The molecular weight excluding hydrogens is 478 g/mol. The molecule has 5 atom stereocenters. The van der Waals surface area contributed by atoms with E-state index in [4.69, 9.17) is 18.5 Å². The van der Waals surface area contributed by atoms with Crippen molar-refractivity contribution in [3.05, 3.63) is 102 Å². The van der Waals surface area contributed by atoms with Crippen molar-refractivity contribution in [1.29, 1.82) is 0 Å². The third-order valence-corrected chi connectivity index (χ3v) is 8.18. The van der Waals surface area contributed by atoms with Crippen LogP contribution in [0.25, 0.3) is 0 Å². The predicted octanol–water partition coefficient (Wildman–Crippen LogP) is 4.12. The van der Waals surface area contributed by atoms with Gasteiger partial charge in [0.15, 0.2) is 0 Å². The molecule has 1 saturated heterocycles. The van der Waals surface area contributed by atoms with E-state index in [9.17, 15) is 8.42 Å². The van der Waals surface area contributed by atoms with Crippen LogP contribution in [0.5, 0.6) is 0 Å². The van der Waals surface area contributed by atoms with Crippen molar-refractivity contribution in [3.8, 4) is 0 Å². The number of hydrogen-bond donors (Lipinski definition) is 0. The van der Waals surface area contributed by atoms with E-state index in [0.717, 1.165) is 16.7 Å². The zero-order valence-electron chi connectivity index (χ0n) is 20.4. The van der Waals surface area contributed by atoms with Gasteiger partial charge in [0.1, 0.15) is 12.2 Å². The van der Waals surface area contributed by atoms with E-state index < -0.39 is 28.4 Å². The molecule has 0 unspecified atom stereocenters. The number of fused-ring (bicyclic) bond motifs is 1. The first-order valence-corrected chi connectivity index (χ1v) is 13.5. The molecule has 190 valence electrons. The average Bonchev–Trinajstić information content (AvgIpc) is 3.40. The number of hydroxylamine groups is 2. The van der Waals surface area contributed by atoms with Crippen molar-refractivity contribution in [2.75, 3.05) is 13.7 Å². The number of likely N-dealkylation sites (N-methyl/N-ethyl adjacent to an activating group) is 1. The van der Waals surface area contributed by atoms with E-state index in [-0.39, 0.29) is 16.9 Å². The zero-order chi connectivity index (χ0) is 25.1. The third kappa shape index (κ3) is 5.39. The maximum atomic E-state index is 13.3. The highest BCUT2D eigenvalue weighted by Crippen LogP contribution is 2.42. The van der Waals surface area contributed by atoms with Crippen molar-refractivity contribution >= 4 is 10.1 Å². The average molecular weight is 510 g/mol. The third-order valence-electron chi connectivity index (χ3n) is 6.85. The van der Waals surface area contributed by atoms with Crippen molar-refractivity contribution in [2.24, 2.45) is 5.92 Å². The zero-order valence-corrected chi connectivity index (χ0v) is 21.2. The van der Waals surface area contributed by atoms with E-state index in [1.807, 2.05) is 67.6 Å². The Bertz CT molecular complexity index is 1240. The highest BCUT2D eigenvalue weighted by molar-refractivity contribution is 7.86. The minimum atomic E-state index is -4.05. The largest absolute Gasteiger partial charge is 0.370 e. The standard InChI is InChI=1S/C28H31NO6S/c1-20-13-15-23(16-14-20)36(30,31)35-27-25-24(19-34-29(25)2)26(32-17-21-9-5-3-6-10-21)28(27)33-18-22-11-7-4-8-12-22/h3-16,24-28H,17-19H2,1-2H3/t24-,25-,26+,27+,28+/m1/s1. The lowest BCUT2D eigenvalue weighted by Crippen LogP contribution is -2.44. The lowest BCUT2D eigenvalue weighted by atomic mass is 10.0. The molecule has 7 nitrogen and oxygen atoms in total. The highest BCUT2D eigenvalue weighted by atomic mass is 32.2. The van der Waals surface area contributed by atoms with Crippen LogP contribution >= 0.6 is 0 Å². The minimum Gasteiger partial charge on any atom is -0.370 e. The quantitative estimate of drug-likeness (QED) is 0.402. The molecule has 0 radical (unpaired) electrons. The van der Waals surface area contributed by atoms with Gasteiger partial charge in [0.25, 0.3) is 10.1 Å². The molecular formula is C28H31NO6S. The molecule has 0 aromatic heterocycles. The van der Waals surface area contributed by atoms with Gasteiger partial charge >= 0.3 is 0 Å².